The van der Waals surface area contributed by atoms with E-state index in [1.54, 1.807) is 18.5 Å². The first-order valence-electron chi connectivity index (χ1n) is 9.96. The van der Waals surface area contributed by atoms with Gasteiger partial charge in [0.25, 0.3) is 0 Å². The Balaban J connectivity index is 1.44. The second-order valence-corrected chi connectivity index (χ2v) is 9.35. The maximum absolute atomic E-state index is 14.1. The molecule has 2 aromatic heterocycles. The van der Waals surface area contributed by atoms with E-state index in [0.717, 1.165) is 50.2 Å². The molecule has 0 unspecified atom stereocenters. The first-order valence-corrected chi connectivity index (χ1v) is 11.4. The minimum Gasteiger partial charge on any atom is -0.339 e. The van der Waals surface area contributed by atoms with E-state index < -0.39 is 26.6 Å². The fourth-order valence-corrected chi connectivity index (χ4v) is 5.44. The van der Waals surface area contributed by atoms with Crippen molar-refractivity contribution in [3.8, 4) is 0 Å². The Morgan fingerprint density at radius 3 is 2.56 bits per heavy atom. The molecule has 0 saturated carbocycles. The first kappa shape index (κ1) is 20.5. The molecule has 32 heavy (non-hydrogen) atoms. The highest BCUT2D eigenvalue weighted by atomic mass is 32.2. The Labute approximate surface area is 183 Å². The largest absolute Gasteiger partial charge is 0.339 e. The zero-order valence-corrected chi connectivity index (χ0v) is 17.6. The SMILES string of the molecule is O=S(=O)(c1c(F)cccc1F)N1CCc2c(ccnc2Nc2cnc3ccccc3c2)C1. The number of hydrogen-bond donors (Lipinski definition) is 1. The number of nitrogens with zero attached hydrogens (tertiary/aromatic N) is 3. The fourth-order valence-electron chi connectivity index (χ4n) is 3.91. The van der Waals surface area contributed by atoms with E-state index in [-0.39, 0.29) is 13.1 Å². The van der Waals surface area contributed by atoms with E-state index in [1.165, 1.54) is 0 Å². The van der Waals surface area contributed by atoms with E-state index in [1.807, 2.05) is 30.3 Å². The van der Waals surface area contributed by atoms with Crippen molar-refractivity contribution in [2.45, 2.75) is 17.9 Å². The van der Waals surface area contributed by atoms with Crippen LogP contribution in [0.15, 0.2) is 71.9 Å². The molecule has 0 spiro atoms. The van der Waals surface area contributed by atoms with Crippen LogP contribution in [0.3, 0.4) is 0 Å². The van der Waals surface area contributed by atoms with Crippen LogP contribution in [0.5, 0.6) is 0 Å². The molecular formula is C23H18F2N4O2S. The predicted molar refractivity (Wildman–Crippen MR) is 117 cm³/mol. The number of hydrogen-bond acceptors (Lipinski definition) is 5. The van der Waals surface area contributed by atoms with Crippen LogP contribution in [0.2, 0.25) is 0 Å². The van der Waals surface area contributed by atoms with Gasteiger partial charge in [-0.05, 0) is 42.3 Å². The highest BCUT2D eigenvalue weighted by molar-refractivity contribution is 7.89. The van der Waals surface area contributed by atoms with E-state index in [0.29, 0.717) is 12.2 Å². The van der Waals surface area contributed by atoms with Crippen LogP contribution in [0, 0.1) is 11.6 Å². The topological polar surface area (TPSA) is 75.2 Å². The first-order chi connectivity index (χ1) is 15.4. The molecule has 0 bridgehead atoms. The van der Waals surface area contributed by atoms with Crippen molar-refractivity contribution >= 4 is 32.4 Å². The number of pyridine rings is 2. The Hall–Kier alpha value is -3.43. The summed E-state index contributed by atoms with van der Waals surface area (Å²) in [5.41, 5.74) is 3.22. The molecule has 1 N–H and O–H groups in total. The molecule has 1 aliphatic heterocycles. The van der Waals surface area contributed by atoms with Gasteiger partial charge in [0.05, 0.1) is 17.4 Å². The molecule has 6 nitrogen and oxygen atoms in total. The highest BCUT2D eigenvalue weighted by Gasteiger charge is 2.33. The number of halogens is 2. The van der Waals surface area contributed by atoms with Crippen LogP contribution in [0.25, 0.3) is 10.9 Å². The van der Waals surface area contributed by atoms with Crippen LogP contribution >= 0.6 is 0 Å². The van der Waals surface area contributed by atoms with Gasteiger partial charge in [-0.2, -0.15) is 4.31 Å². The van der Waals surface area contributed by atoms with Gasteiger partial charge in [-0.3, -0.25) is 4.98 Å². The highest BCUT2D eigenvalue weighted by Crippen LogP contribution is 2.31. The molecule has 5 rings (SSSR count). The minimum atomic E-state index is -4.33. The summed E-state index contributed by atoms with van der Waals surface area (Å²) >= 11 is 0. The lowest BCUT2D eigenvalue weighted by atomic mass is 10.0. The lowest BCUT2D eigenvalue weighted by Crippen LogP contribution is -2.37. The van der Waals surface area contributed by atoms with Crippen molar-refractivity contribution in [2.75, 3.05) is 11.9 Å². The fraction of sp³-hybridized carbons (Fsp3) is 0.130. The van der Waals surface area contributed by atoms with E-state index >= 15 is 0 Å². The molecule has 1 aliphatic rings. The number of para-hydroxylation sites is 1. The van der Waals surface area contributed by atoms with Gasteiger partial charge in [-0.15, -0.1) is 0 Å². The molecule has 0 fully saturated rings. The summed E-state index contributed by atoms with van der Waals surface area (Å²) in [6.45, 7) is 0.0814. The van der Waals surface area contributed by atoms with Gasteiger partial charge in [0.2, 0.25) is 10.0 Å². The number of fused-ring (bicyclic) bond motifs is 2. The number of rotatable bonds is 4. The molecule has 0 radical (unpaired) electrons. The Morgan fingerprint density at radius 2 is 1.75 bits per heavy atom. The molecule has 3 heterocycles. The van der Waals surface area contributed by atoms with Gasteiger partial charge in [0, 0.05) is 30.2 Å². The molecular weight excluding hydrogens is 434 g/mol. The van der Waals surface area contributed by atoms with Crippen molar-refractivity contribution in [1.82, 2.24) is 14.3 Å². The summed E-state index contributed by atoms with van der Waals surface area (Å²) in [6.07, 6.45) is 3.64. The quantitative estimate of drug-likeness (QED) is 0.497. The number of benzene rings is 2. The maximum Gasteiger partial charge on any atom is 0.249 e. The molecule has 0 atom stereocenters. The normalized spacial score (nSPS) is 14.3. The Bertz CT molecular complexity index is 1420. The lowest BCUT2D eigenvalue weighted by molar-refractivity contribution is 0.384. The van der Waals surface area contributed by atoms with Gasteiger partial charge in [-0.25, -0.2) is 22.2 Å². The summed E-state index contributed by atoms with van der Waals surface area (Å²) in [5, 5.41) is 4.24. The van der Waals surface area contributed by atoms with Crippen LogP contribution in [-0.4, -0.2) is 29.2 Å². The third-order valence-corrected chi connectivity index (χ3v) is 7.38. The van der Waals surface area contributed by atoms with Gasteiger partial charge in [0.15, 0.2) is 4.90 Å². The minimum absolute atomic E-state index is 0.00138. The molecule has 0 saturated heterocycles. The van der Waals surface area contributed by atoms with Gasteiger partial charge in [0.1, 0.15) is 17.5 Å². The second-order valence-electron chi connectivity index (χ2n) is 7.48. The van der Waals surface area contributed by atoms with Crippen LogP contribution in [-0.2, 0) is 23.0 Å². The Kier molecular flexibility index (Phi) is 5.07. The van der Waals surface area contributed by atoms with Crippen LogP contribution in [0.4, 0.5) is 20.3 Å². The zero-order chi connectivity index (χ0) is 22.3. The van der Waals surface area contributed by atoms with Crippen molar-refractivity contribution in [2.24, 2.45) is 0 Å². The van der Waals surface area contributed by atoms with Crippen LogP contribution in [0.1, 0.15) is 11.1 Å². The molecule has 0 aliphatic carbocycles. The van der Waals surface area contributed by atoms with E-state index in [2.05, 4.69) is 15.3 Å². The van der Waals surface area contributed by atoms with Crippen molar-refractivity contribution in [1.29, 1.82) is 0 Å². The summed E-state index contributed by atoms with van der Waals surface area (Å²) in [5.74, 6) is -1.60. The zero-order valence-electron chi connectivity index (χ0n) is 16.8. The number of nitrogens with one attached hydrogen (secondary N) is 1. The molecule has 0 amide bonds. The van der Waals surface area contributed by atoms with E-state index in [4.69, 9.17) is 0 Å². The van der Waals surface area contributed by atoms with Gasteiger partial charge in [-0.1, -0.05) is 24.3 Å². The Morgan fingerprint density at radius 1 is 0.969 bits per heavy atom. The summed E-state index contributed by atoms with van der Waals surface area (Å²) in [6, 6.07) is 14.5. The summed E-state index contributed by atoms with van der Waals surface area (Å²) < 4.78 is 55.3. The molecule has 162 valence electrons. The third kappa shape index (κ3) is 3.59. The van der Waals surface area contributed by atoms with Crippen LogP contribution < -0.4 is 5.32 Å². The lowest BCUT2D eigenvalue weighted by Gasteiger charge is -2.29. The van der Waals surface area contributed by atoms with Gasteiger partial charge >= 0.3 is 0 Å². The van der Waals surface area contributed by atoms with Gasteiger partial charge < -0.3 is 5.32 Å². The number of sulfonamides is 1. The van der Waals surface area contributed by atoms with Crippen molar-refractivity contribution < 1.29 is 17.2 Å². The second kappa shape index (κ2) is 7.92. The van der Waals surface area contributed by atoms with Crippen molar-refractivity contribution in [3.63, 3.8) is 0 Å². The maximum atomic E-state index is 14.1. The van der Waals surface area contributed by atoms with Crippen molar-refractivity contribution in [3.05, 3.63) is 89.8 Å². The predicted octanol–water partition coefficient (Wildman–Crippen LogP) is 4.40. The number of aromatic nitrogens is 2. The average molecular weight is 452 g/mol. The smallest absolute Gasteiger partial charge is 0.249 e. The molecule has 4 aromatic rings. The summed E-state index contributed by atoms with van der Waals surface area (Å²) in [4.78, 5) is 7.93. The average Bonchev–Trinajstić information content (AvgIpc) is 2.78. The third-order valence-electron chi connectivity index (χ3n) is 5.48. The molecule has 9 heteroatoms. The molecule has 2 aromatic carbocycles. The monoisotopic (exact) mass is 452 g/mol. The summed E-state index contributed by atoms with van der Waals surface area (Å²) in [7, 11) is -4.33. The standard InChI is InChI=1S/C23H18F2N4O2S/c24-19-5-3-6-20(25)22(19)32(30,31)29-11-9-18-16(14-29)8-10-26-23(18)28-17-12-15-4-1-2-7-21(15)27-13-17/h1-8,10,12-13H,9,11,14H2,(H,26,28). The van der Waals surface area contributed by atoms with E-state index in [9.17, 15) is 17.2 Å². The number of anilines is 2.